The number of amidine groups is 1. The Bertz CT molecular complexity index is 1850. The van der Waals surface area contributed by atoms with Crippen molar-refractivity contribution in [3.63, 3.8) is 0 Å². The van der Waals surface area contributed by atoms with Crippen molar-refractivity contribution in [1.82, 2.24) is 10.6 Å². The lowest BCUT2D eigenvalue weighted by Crippen LogP contribution is -2.61. The highest BCUT2D eigenvalue weighted by Crippen LogP contribution is 2.42. The Kier molecular flexibility index (Phi) is 9.37. The molecule has 0 spiro atoms. The Labute approximate surface area is 267 Å². The summed E-state index contributed by atoms with van der Waals surface area (Å²) in [4.78, 5) is 53.7. The van der Waals surface area contributed by atoms with Gasteiger partial charge in [-0.15, -0.1) is 4.40 Å². The van der Waals surface area contributed by atoms with Gasteiger partial charge in [-0.1, -0.05) is 38.1 Å². The summed E-state index contributed by atoms with van der Waals surface area (Å²) in [5, 5.41) is 7.91. The van der Waals surface area contributed by atoms with E-state index in [1.54, 1.807) is 39.0 Å². The fourth-order valence-electron chi connectivity index (χ4n) is 5.26. The Hall–Kier alpha value is -4.31. The van der Waals surface area contributed by atoms with E-state index in [1.807, 2.05) is 13.8 Å². The van der Waals surface area contributed by atoms with Gasteiger partial charge in [0.15, 0.2) is 11.6 Å². The zero-order chi connectivity index (χ0) is 34.2. The molecule has 0 fully saturated rings. The number of hydrogen-bond donors (Lipinski definition) is 4. The Morgan fingerprint density at radius 2 is 1.78 bits per heavy atom. The SMILES string of the molecule is CC(C)CCC1(NC(=O)CNC(=O)OC(C)(C)C)C(=O)C(C2=NS(=O)(=O)c3cc(NS(C)(=O)=O)ccc3N2)C(=O)c2ccccc21. The molecule has 2 amide bonds. The second-order valence-electron chi connectivity index (χ2n) is 12.6. The van der Waals surface area contributed by atoms with Crippen molar-refractivity contribution in [2.75, 3.05) is 22.8 Å². The largest absolute Gasteiger partial charge is 0.444 e. The number of alkyl carbamates (subject to hydrolysis) is 1. The molecule has 0 saturated heterocycles. The number of ketones is 2. The molecule has 14 nitrogen and oxygen atoms in total. The molecule has 2 atom stereocenters. The normalized spacial score (nSPS) is 20.5. The summed E-state index contributed by atoms with van der Waals surface area (Å²) < 4.78 is 61.3. The van der Waals surface area contributed by atoms with E-state index < -0.39 is 73.1 Å². The van der Waals surface area contributed by atoms with Crippen molar-refractivity contribution in [3.05, 3.63) is 53.6 Å². The third-order valence-electron chi connectivity index (χ3n) is 7.16. The van der Waals surface area contributed by atoms with Gasteiger partial charge < -0.3 is 20.7 Å². The van der Waals surface area contributed by atoms with Gasteiger partial charge in [-0.05, 0) is 63.3 Å². The average Bonchev–Trinajstić information content (AvgIpc) is 2.92. The van der Waals surface area contributed by atoms with Crippen LogP contribution in [-0.4, -0.2) is 64.6 Å². The zero-order valence-corrected chi connectivity index (χ0v) is 27.9. The van der Waals surface area contributed by atoms with Gasteiger partial charge in [-0.25, -0.2) is 13.2 Å². The van der Waals surface area contributed by atoms with E-state index in [4.69, 9.17) is 4.74 Å². The van der Waals surface area contributed by atoms with Crippen LogP contribution in [0.3, 0.4) is 0 Å². The lowest BCUT2D eigenvalue weighted by Gasteiger charge is -2.42. The number of sulfonamides is 2. The number of nitrogens with one attached hydrogen (secondary N) is 4. The second kappa shape index (κ2) is 12.5. The summed E-state index contributed by atoms with van der Waals surface area (Å²) in [5.41, 5.74) is -2.32. The van der Waals surface area contributed by atoms with Gasteiger partial charge >= 0.3 is 6.09 Å². The molecule has 2 aromatic carbocycles. The number of amides is 2. The molecule has 0 saturated carbocycles. The number of hydrogen-bond acceptors (Lipinski definition) is 10. The Morgan fingerprint density at radius 1 is 1.11 bits per heavy atom. The van der Waals surface area contributed by atoms with Gasteiger partial charge in [0.2, 0.25) is 15.9 Å². The van der Waals surface area contributed by atoms with E-state index in [-0.39, 0.29) is 39.7 Å². The van der Waals surface area contributed by atoms with Gasteiger partial charge in [0.1, 0.15) is 34.3 Å². The Morgan fingerprint density at radius 3 is 2.41 bits per heavy atom. The number of carbonyl (C=O) groups is 4. The highest BCUT2D eigenvalue weighted by atomic mass is 32.2. The number of nitrogens with zero attached hydrogens (tertiary/aromatic N) is 1. The summed E-state index contributed by atoms with van der Waals surface area (Å²) in [6.45, 7) is 8.28. The molecule has 16 heteroatoms. The molecule has 2 aliphatic rings. The van der Waals surface area contributed by atoms with Crippen LogP contribution >= 0.6 is 0 Å². The number of Topliss-reactive ketones (excluding diaryl/α,β-unsaturated/α-hetero) is 2. The molecule has 46 heavy (non-hydrogen) atoms. The zero-order valence-electron chi connectivity index (χ0n) is 26.3. The van der Waals surface area contributed by atoms with Gasteiger partial charge in [0.25, 0.3) is 10.0 Å². The highest BCUT2D eigenvalue weighted by molar-refractivity contribution is 7.92. The van der Waals surface area contributed by atoms with Crippen molar-refractivity contribution < 1.29 is 40.8 Å². The minimum Gasteiger partial charge on any atom is -0.444 e. The van der Waals surface area contributed by atoms with E-state index in [9.17, 15) is 36.0 Å². The summed E-state index contributed by atoms with van der Waals surface area (Å²) in [6.07, 6.45) is 0.546. The molecule has 4 rings (SSSR count). The minimum atomic E-state index is -4.52. The number of fused-ring (bicyclic) bond motifs is 2. The fourth-order valence-corrected chi connectivity index (χ4v) is 6.99. The van der Waals surface area contributed by atoms with Crippen LogP contribution in [0.2, 0.25) is 0 Å². The van der Waals surface area contributed by atoms with Crippen LogP contribution in [0.4, 0.5) is 16.2 Å². The van der Waals surface area contributed by atoms with Crippen molar-refractivity contribution >= 4 is 60.8 Å². The molecular formula is C30H37N5O9S2. The smallest absolute Gasteiger partial charge is 0.408 e. The van der Waals surface area contributed by atoms with Gasteiger partial charge in [-0.3, -0.25) is 19.1 Å². The standard InChI is InChI=1S/C30H37N5O9S2/c1-17(2)13-14-30(33-23(36)16-31-28(39)44-29(3,4)5)20-10-8-7-9-19(20)25(37)24(26(30)38)27-32-21-12-11-18(34-45(6,40)41)15-22(21)46(42,43)35-27/h7-12,15,17,24,34H,13-14,16H2,1-6H3,(H,31,39)(H,32,35)(H,33,36). The summed E-state index contributed by atoms with van der Waals surface area (Å²) in [6, 6.07) is 9.93. The van der Waals surface area contributed by atoms with Gasteiger partial charge in [-0.2, -0.15) is 8.42 Å². The van der Waals surface area contributed by atoms with E-state index in [1.165, 1.54) is 18.2 Å². The molecule has 2 unspecified atom stereocenters. The van der Waals surface area contributed by atoms with Crippen molar-refractivity contribution in [2.45, 2.75) is 63.5 Å². The first-order valence-corrected chi connectivity index (χ1v) is 17.8. The van der Waals surface area contributed by atoms with Gasteiger partial charge in [0, 0.05) is 11.3 Å². The van der Waals surface area contributed by atoms with Gasteiger partial charge in [0.05, 0.1) is 11.9 Å². The number of ether oxygens (including phenoxy) is 1. The monoisotopic (exact) mass is 675 g/mol. The summed E-state index contributed by atoms with van der Waals surface area (Å²) in [7, 11) is -8.24. The number of anilines is 2. The molecular weight excluding hydrogens is 638 g/mol. The number of carbonyl (C=O) groups excluding carboxylic acids is 4. The number of rotatable bonds is 9. The van der Waals surface area contributed by atoms with Crippen LogP contribution in [0.1, 0.15) is 63.4 Å². The second-order valence-corrected chi connectivity index (χ2v) is 15.9. The van der Waals surface area contributed by atoms with Crippen molar-refractivity contribution in [1.29, 1.82) is 0 Å². The molecule has 0 bridgehead atoms. The summed E-state index contributed by atoms with van der Waals surface area (Å²) in [5.74, 6) is -4.41. The first-order chi connectivity index (χ1) is 21.2. The van der Waals surface area contributed by atoms with E-state index in [0.717, 1.165) is 12.3 Å². The average molecular weight is 676 g/mol. The fraction of sp³-hybridized carbons (Fsp3) is 0.433. The Balaban J connectivity index is 1.77. The molecule has 0 aromatic heterocycles. The van der Waals surface area contributed by atoms with E-state index in [2.05, 4.69) is 25.1 Å². The maximum atomic E-state index is 14.6. The maximum absolute atomic E-state index is 14.6. The first-order valence-electron chi connectivity index (χ1n) is 14.4. The van der Waals surface area contributed by atoms with Crippen molar-refractivity contribution in [3.8, 4) is 0 Å². The third-order valence-corrected chi connectivity index (χ3v) is 9.09. The van der Waals surface area contributed by atoms with Crippen LogP contribution in [0.15, 0.2) is 51.8 Å². The topological polar surface area (TPSA) is 206 Å². The van der Waals surface area contributed by atoms with E-state index >= 15 is 0 Å². The molecule has 1 aliphatic heterocycles. The molecule has 1 heterocycles. The van der Waals surface area contributed by atoms with E-state index in [0.29, 0.717) is 6.42 Å². The highest BCUT2D eigenvalue weighted by Gasteiger charge is 2.55. The maximum Gasteiger partial charge on any atom is 0.408 e. The first kappa shape index (κ1) is 34.6. The molecule has 1 aliphatic carbocycles. The lowest BCUT2D eigenvalue weighted by atomic mass is 9.67. The minimum absolute atomic E-state index is 0.0260. The van der Waals surface area contributed by atoms with Crippen LogP contribution in [0.25, 0.3) is 0 Å². The summed E-state index contributed by atoms with van der Waals surface area (Å²) >= 11 is 0. The predicted octanol–water partition coefficient (Wildman–Crippen LogP) is 2.93. The van der Waals surface area contributed by atoms with Crippen LogP contribution < -0.4 is 20.7 Å². The van der Waals surface area contributed by atoms with Crippen molar-refractivity contribution in [2.24, 2.45) is 16.2 Å². The molecule has 248 valence electrons. The lowest BCUT2D eigenvalue weighted by molar-refractivity contribution is -0.133. The number of benzene rings is 2. The molecule has 2 aromatic rings. The van der Waals surface area contributed by atoms with Crippen LogP contribution in [0.5, 0.6) is 0 Å². The van der Waals surface area contributed by atoms with Crippen LogP contribution in [0, 0.1) is 11.8 Å². The quantitative estimate of drug-likeness (QED) is 0.286. The van der Waals surface area contributed by atoms with Crippen LogP contribution in [-0.2, 0) is 39.9 Å². The third kappa shape index (κ3) is 7.55. The molecule has 4 N–H and O–H groups in total. The predicted molar refractivity (Wildman–Crippen MR) is 171 cm³/mol. The molecule has 0 radical (unpaired) electrons.